The van der Waals surface area contributed by atoms with Crippen LogP contribution in [0.2, 0.25) is 10.0 Å². The molecule has 0 bridgehead atoms. The summed E-state index contributed by atoms with van der Waals surface area (Å²) in [6.45, 7) is 2.84. The first-order valence-corrected chi connectivity index (χ1v) is 8.41. The summed E-state index contributed by atoms with van der Waals surface area (Å²) >= 11 is 15.9. The molecule has 0 atom stereocenters. The molecule has 6 heteroatoms. The van der Waals surface area contributed by atoms with Crippen molar-refractivity contribution in [3.63, 3.8) is 0 Å². The minimum absolute atomic E-state index is 0.518. The van der Waals surface area contributed by atoms with Crippen LogP contribution in [0, 0.1) is 0 Å². The molecule has 0 amide bonds. The average Bonchev–Trinajstić information content (AvgIpc) is 3.26. The number of hydrogen-bond acceptors (Lipinski definition) is 3. The third-order valence-corrected chi connectivity index (χ3v) is 4.69. The molecule has 0 radical (unpaired) electrons. The molecular weight excluding hydrogens is 373 g/mol. The lowest BCUT2D eigenvalue weighted by molar-refractivity contribution is 0.974. The van der Waals surface area contributed by atoms with Gasteiger partial charge in [0.25, 0.3) is 0 Å². The Balaban J connectivity index is 2.13. The van der Waals surface area contributed by atoms with Crippen molar-refractivity contribution in [2.45, 2.75) is 25.7 Å². The van der Waals surface area contributed by atoms with Crippen molar-refractivity contribution in [3.8, 4) is 11.4 Å². The minimum Gasteiger partial charge on any atom is -0.369 e. The normalized spacial score (nSPS) is 14.3. The molecule has 0 aliphatic heterocycles. The largest absolute Gasteiger partial charge is 0.369 e. The Bertz CT molecular complexity index is 687. The zero-order valence-electron chi connectivity index (χ0n) is 11.5. The summed E-state index contributed by atoms with van der Waals surface area (Å²) in [6.07, 6.45) is 2.35. The van der Waals surface area contributed by atoms with Crippen LogP contribution in [0.3, 0.4) is 0 Å². The first-order valence-electron chi connectivity index (χ1n) is 6.87. The second kappa shape index (κ2) is 6.11. The first-order chi connectivity index (χ1) is 10.1. The number of aromatic nitrogens is 2. The van der Waals surface area contributed by atoms with Crippen LogP contribution in [0.1, 0.15) is 31.4 Å². The Kier molecular flexibility index (Phi) is 4.38. The smallest absolute Gasteiger partial charge is 0.163 e. The minimum atomic E-state index is 0.518. The molecule has 1 aromatic carbocycles. The van der Waals surface area contributed by atoms with Crippen molar-refractivity contribution >= 4 is 44.9 Å². The van der Waals surface area contributed by atoms with Crippen molar-refractivity contribution in [1.29, 1.82) is 0 Å². The highest BCUT2D eigenvalue weighted by Gasteiger charge is 2.29. The van der Waals surface area contributed by atoms with Crippen LogP contribution in [0.25, 0.3) is 11.4 Å². The summed E-state index contributed by atoms with van der Waals surface area (Å²) in [7, 11) is 0. The number of hydrogen-bond donors (Lipinski definition) is 1. The fraction of sp³-hybridized carbons (Fsp3) is 0.333. The Morgan fingerprint density at radius 3 is 2.67 bits per heavy atom. The summed E-state index contributed by atoms with van der Waals surface area (Å²) in [6, 6.07) is 5.38. The monoisotopic (exact) mass is 385 g/mol. The topological polar surface area (TPSA) is 37.8 Å². The second-order valence-electron chi connectivity index (χ2n) is 5.02. The van der Waals surface area contributed by atoms with E-state index < -0.39 is 0 Å². The molecule has 0 spiro atoms. The lowest BCUT2D eigenvalue weighted by Crippen LogP contribution is -2.06. The quantitative estimate of drug-likeness (QED) is 0.751. The summed E-state index contributed by atoms with van der Waals surface area (Å²) < 4.78 is 0.959. The number of anilines is 1. The third-order valence-electron chi connectivity index (χ3n) is 3.36. The molecule has 1 N–H and O–H groups in total. The van der Waals surface area contributed by atoms with Gasteiger partial charge in [0, 0.05) is 23.0 Å². The molecule has 3 nitrogen and oxygen atoms in total. The number of nitrogens with one attached hydrogen (secondary N) is 1. The van der Waals surface area contributed by atoms with E-state index in [9.17, 15) is 0 Å². The van der Waals surface area contributed by atoms with E-state index in [2.05, 4.69) is 26.2 Å². The highest BCUT2D eigenvalue weighted by atomic mass is 79.9. The van der Waals surface area contributed by atoms with Gasteiger partial charge in [-0.15, -0.1) is 0 Å². The van der Waals surface area contributed by atoms with Crippen molar-refractivity contribution in [1.82, 2.24) is 9.97 Å². The van der Waals surface area contributed by atoms with E-state index in [-0.39, 0.29) is 0 Å². The van der Waals surface area contributed by atoms with E-state index in [0.29, 0.717) is 21.8 Å². The molecule has 1 heterocycles. The predicted molar refractivity (Wildman–Crippen MR) is 91.3 cm³/mol. The van der Waals surface area contributed by atoms with Gasteiger partial charge in [-0.05, 0) is 53.9 Å². The third kappa shape index (κ3) is 3.17. The van der Waals surface area contributed by atoms with E-state index in [1.165, 1.54) is 12.8 Å². The Morgan fingerprint density at radius 2 is 2.05 bits per heavy atom. The van der Waals surface area contributed by atoms with Crippen LogP contribution in [-0.4, -0.2) is 16.5 Å². The zero-order valence-corrected chi connectivity index (χ0v) is 14.6. The predicted octanol–water partition coefficient (Wildman–Crippen LogP) is 5.52. The van der Waals surface area contributed by atoms with Gasteiger partial charge in [0.05, 0.1) is 15.2 Å². The van der Waals surface area contributed by atoms with Gasteiger partial charge < -0.3 is 5.32 Å². The highest BCUT2D eigenvalue weighted by Crippen LogP contribution is 2.44. The summed E-state index contributed by atoms with van der Waals surface area (Å²) in [5.41, 5.74) is 1.86. The van der Waals surface area contributed by atoms with Crippen molar-refractivity contribution < 1.29 is 0 Å². The molecule has 1 aliphatic carbocycles. The highest BCUT2D eigenvalue weighted by molar-refractivity contribution is 9.10. The molecule has 0 unspecified atom stereocenters. The van der Waals surface area contributed by atoms with Gasteiger partial charge in [-0.1, -0.05) is 23.2 Å². The Labute approximate surface area is 142 Å². The van der Waals surface area contributed by atoms with Crippen LogP contribution in [0.5, 0.6) is 0 Å². The van der Waals surface area contributed by atoms with E-state index >= 15 is 0 Å². The van der Waals surface area contributed by atoms with Crippen molar-refractivity contribution in [2.24, 2.45) is 0 Å². The summed E-state index contributed by atoms with van der Waals surface area (Å²) in [5, 5.41) is 4.44. The average molecular weight is 387 g/mol. The zero-order chi connectivity index (χ0) is 15.0. The number of halogens is 3. The van der Waals surface area contributed by atoms with Gasteiger partial charge in [0.15, 0.2) is 5.82 Å². The van der Waals surface area contributed by atoms with Crippen LogP contribution in [0.15, 0.2) is 22.7 Å². The fourth-order valence-electron chi connectivity index (χ4n) is 2.17. The van der Waals surface area contributed by atoms with Crippen LogP contribution < -0.4 is 5.32 Å². The Hall–Kier alpha value is -0.840. The molecular formula is C15H14BrCl2N3. The molecule has 0 saturated heterocycles. The SMILES string of the molecule is CCNc1nc(-c2ccc(Cl)cc2Cl)nc(C2CC2)c1Br. The molecule has 21 heavy (non-hydrogen) atoms. The maximum Gasteiger partial charge on any atom is 0.163 e. The lowest BCUT2D eigenvalue weighted by atomic mass is 10.2. The summed E-state index contributed by atoms with van der Waals surface area (Å²) in [5.74, 6) is 1.97. The van der Waals surface area contributed by atoms with Crippen LogP contribution in [-0.2, 0) is 0 Å². The molecule has 1 aliphatic rings. The standard InChI is InChI=1S/C15H14BrCl2N3/c1-2-19-15-12(16)13(8-3-4-8)20-14(21-15)10-6-5-9(17)7-11(10)18/h5-8H,2-4H2,1H3,(H,19,20,21). The second-order valence-corrected chi connectivity index (χ2v) is 6.66. The molecule has 1 fully saturated rings. The van der Waals surface area contributed by atoms with Gasteiger partial charge >= 0.3 is 0 Å². The van der Waals surface area contributed by atoms with Crippen molar-refractivity contribution in [3.05, 3.63) is 38.4 Å². The molecule has 3 rings (SSSR count). The lowest BCUT2D eigenvalue weighted by Gasteiger charge is -2.12. The van der Waals surface area contributed by atoms with Gasteiger partial charge in [-0.25, -0.2) is 9.97 Å². The number of rotatable bonds is 4. The summed E-state index contributed by atoms with van der Waals surface area (Å²) in [4.78, 5) is 9.31. The van der Waals surface area contributed by atoms with E-state index in [0.717, 1.165) is 28.1 Å². The van der Waals surface area contributed by atoms with Crippen LogP contribution >= 0.6 is 39.1 Å². The van der Waals surface area contributed by atoms with Gasteiger partial charge in [-0.2, -0.15) is 0 Å². The maximum absolute atomic E-state index is 6.28. The van der Waals surface area contributed by atoms with E-state index in [1.54, 1.807) is 12.1 Å². The van der Waals surface area contributed by atoms with Gasteiger partial charge in [-0.3, -0.25) is 0 Å². The fourth-order valence-corrected chi connectivity index (χ4v) is 3.30. The first kappa shape index (κ1) is 15.1. The molecule has 110 valence electrons. The van der Waals surface area contributed by atoms with Crippen molar-refractivity contribution in [2.75, 3.05) is 11.9 Å². The van der Waals surface area contributed by atoms with Gasteiger partial charge in [0.2, 0.25) is 0 Å². The van der Waals surface area contributed by atoms with E-state index in [4.69, 9.17) is 28.2 Å². The molecule has 1 aromatic heterocycles. The number of nitrogens with zero attached hydrogens (tertiary/aromatic N) is 2. The number of benzene rings is 1. The Morgan fingerprint density at radius 1 is 1.29 bits per heavy atom. The molecule has 2 aromatic rings. The van der Waals surface area contributed by atoms with Crippen LogP contribution in [0.4, 0.5) is 5.82 Å². The van der Waals surface area contributed by atoms with E-state index in [1.807, 2.05) is 13.0 Å². The molecule has 1 saturated carbocycles. The maximum atomic E-state index is 6.28. The van der Waals surface area contributed by atoms with Gasteiger partial charge in [0.1, 0.15) is 5.82 Å².